The zero-order valence-corrected chi connectivity index (χ0v) is 11.9. The average Bonchev–Trinajstić information content (AvgIpc) is 2.79. The molecule has 21 heavy (non-hydrogen) atoms. The number of benzene rings is 1. The maximum atomic E-state index is 12.7. The summed E-state index contributed by atoms with van der Waals surface area (Å²) in [4.78, 5) is 11.2. The molecule has 2 aromatic heterocycles. The number of hydrogen-bond acceptors (Lipinski definition) is 3. The van der Waals surface area contributed by atoms with Gasteiger partial charge in [0.2, 0.25) is 0 Å². The number of aromatic amines is 1. The van der Waals surface area contributed by atoms with E-state index in [4.69, 9.17) is 11.6 Å². The van der Waals surface area contributed by atoms with Gasteiger partial charge in [-0.3, -0.25) is 0 Å². The van der Waals surface area contributed by atoms with E-state index in [-0.39, 0.29) is 10.2 Å². The number of rotatable bonds is 2. The molecule has 0 unspecified atom stereocenters. The minimum Gasteiger partial charge on any atom is -0.333 e. The third-order valence-corrected chi connectivity index (χ3v) is 3.67. The molecule has 3 rings (SSSR count). The van der Waals surface area contributed by atoms with E-state index in [1.807, 2.05) is 24.3 Å². The fourth-order valence-corrected chi connectivity index (χ4v) is 2.86. The molecule has 1 N–H and O–H groups in total. The normalized spacial score (nSPS) is 12.0. The predicted molar refractivity (Wildman–Crippen MR) is 74.5 cm³/mol. The molecule has 0 saturated heterocycles. The minimum absolute atomic E-state index is 0.133. The van der Waals surface area contributed by atoms with Gasteiger partial charge in [0.1, 0.15) is 10.2 Å². The molecular weight excluding hydrogens is 323 g/mol. The van der Waals surface area contributed by atoms with Gasteiger partial charge in [-0.25, -0.2) is 9.97 Å². The highest BCUT2D eigenvalue weighted by Crippen LogP contribution is 2.34. The van der Waals surface area contributed by atoms with Crippen molar-refractivity contribution in [1.29, 1.82) is 0 Å². The molecule has 0 fully saturated rings. The first kappa shape index (κ1) is 14.2. The molecule has 2 heterocycles. The highest BCUT2D eigenvalue weighted by atomic mass is 35.5. The summed E-state index contributed by atoms with van der Waals surface area (Å²) in [6, 6.07) is 9.06. The van der Waals surface area contributed by atoms with E-state index >= 15 is 0 Å². The number of para-hydroxylation sites is 2. The quantitative estimate of drug-likeness (QED) is 0.688. The molecule has 0 aliphatic rings. The van der Waals surface area contributed by atoms with E-state index in [1.54, 1.807) is 0 Å². The van der Waals surface area contributed by atoms with Crippen LogP contribution in [0.3, 0.4) is 0 Å². The average molecular weight is 330 g/mol. The lowest BCUT2D eigenvalue weighted by atomic mass is 10.3. The van der Waals surface area contributed by atoms with E-state index in [9.17, 15) is 13.2 Å². The number of halogens is 4. The Morgan fingerprint density at radius 1 is 1.10 bits per heavy atom. The third kappa shape index (κ3) is 3.14. The summed E-state index contributed by atoms with van der Waals surface area (Å²) in [6.45, 7) is 0. The van der Waals surface area contributed by atoms with E-state index in [0.29, 0.717) is 5.16 Å². The van der Waals surface area contributed by atoms with Gasteiger partial charge in [-0.05, 0) is 36.0 Å². The van der Waals surface area contributed by atoms with E-state index in [1.165, 1.54) is 0 Å². The Morgan fingerprint density at radius 3 is 2.57 bits per heavy atom. The summed E-state index contributed by atoms with van der Waals surface area (Å²) < 4.78 is 38.2. The molecule has 0 aliphatic heterocycles. The van der Waals surface area contributed by atoms with Gasteiger partial charge in [-0.1, -0.05) is 23.7 Å². The van der Waals surface area contributed by atoms with Crippen LogP contribution in [0, 0.1) is 0 Å². The van der Waals surface area contributed by atoms with Crippen molar-refractivity contribution < 1.29 is 13.2 Å². The Hall–Kier alpha value is -1.73. The van der Waals surface area contributed by atoms with Crippen LogP contribution in [0.15, 0.2) is 46.6 Å². The van der Waals surface area contributed by atoms with Crippen LogP contribution in [-0.2, 0) is 6.18 Å². The van der Waals surface area contributed by atoms with Crippen molar-refractivity contribution >= 4 is 34.4 Å². The molecule has 0 amide bonds. The first-order valence-corrected chi connectivity index (χ1v) is 6.99. The van der Waals surface area contributed by atoms with Crippen molar-refractivity contribution in [2.75, 3.05) is 0 Å². The molecular formula is C13H7ClF3N3S. The van der Waals surface area contributed by atoms with Crippen molar-refractivity contribution in [3.8, 4) is 0 Å². The summed E-state index contributed by atoms with van der Waals surface area (Å²) in [5.74, 6) is 0. The Balaban J connectivity index is 1.95. The second-order valence-electron chi connectivity index (χ2n) is 4.18. The maximum Gasteiger partial charge on any atom is 0.416 e. The molecule has 1 aromatic carbocycles. The van der Waals surface area contributed by atoms with Crippen LogP contribution in [0.1, 0.15) is 5.56 Å². The third-order valence-electron chi connectivity index (χ3n) is 2.67. The van der Waals surface area contributed by atoms with E-state index in [0.717, 1.165) is 34.9 Å². The summed E-state index contributed by atoms with van der Waals surface area (Å²) in [5, 5.41) is 0.386. The molecule has 0 atom stereocenters. The lowest BCUT2D eigenvalue weighted by Crippen LogP contribution is -2.05. The Labute approximate surface area is 126 Å². The Kier molecular flexibility index (Phi) is 3.54. The highest BCUT2D eigenvalue weighted by molar-refractivity contribution is 7.99. The van der Waals surface area contributed by atoms with Gasteiger partial charge in [0.25, 0.3) is 0 Å². The fraction of sp³-hybridized carbons (Fsp3) is 0.0769. The molecule has 3 nitrogen and oxygen atoms in total. The Morgan fingerprint density at radius 2 is 1.86 bits per heavy atom. The SMILES string of the molecule is FC(F)(F)c1cc(Cl)nc(Sc2nc3ccccc3[nH]2)c1. The number of pyridine rings is 1. The van der Waals surface area contributed by atoms with Crippen LogP contribution in [0.2, 0.25) is 5.15 Å². The number of alkyl halides is 3. The van der Waals surface area contributed by atoms with Gasteiger partial charge in [0.15, 0.2) is 5.16 Å². The zero-order chi connectivity index (χ0) is 15.0. The van der Waals surface area contributed by atoms with Crippen molar-refractivity contribution in [2.45, 2.75) is 16.4 Å². The van der Waals surface area contributed by atoms with Crippen molar-refractivity contribution in [1.82, 2.24) is 15.0 Å². The van der Waals surface area contributed by atoms with Gasteiger partial charge in [-0.2, -0.15) is 13.2 Å². The molecule has 108 valence electrons. The largest absolute Gasteiger partial charge is 0.416 e. The molecule has 0 aliphatic carbocycles. The number of imidazole rings is 1. The number of nitrogens with one attached hydrogen (secondary N) is 1. The lowest BCUT2D eigenvalue weighted by Gasteiger charge is -2.08. The highest BCUT2D eigenvalue weighted by Gasteiger charge is 2.31. The van der Waals surface area contributed by atoms with Crippen LogP contribution >= 0.6 is 23.4 Å². The zero-order valence-electron chi connectivity index (χ0n) is 10.3. The second-order valence-corrected chi connectivity index (χ2v) is 5.57. The first-order chi connectivity index (χ1) is 9.91. The first-order valence-electron chi connectivity index (χ1n) is 5.79. The summed E-state index contributed by atoms with van der Waals surface area (Å²) in [5.41, 5.74) is 0.706. The number of nitrogens with zero attached hydrogens (tertiary/aromatic N) is 2. The molecule has 8 heteroatoms. The standard InChI is InChI=1S/C13H7ClF3N3S/c14-10-5-7(13(15,16)17)6-11(20-10)21-12-18-8-3-1-2-4-9(8)19-12/h1-6H,(H,18,19). The lowest BCUT2D eigenvalue weighted by molar-refractivity contribution is -0.137. The summed E-state index contributed by atoms with van der Waals surface area (Å²) in [6.07, 6.45) is -4.46. The molecule has 0 radical (unpaired) electrons. The second kappa shape index (κ2) is 5.23. The van der Waals surface area contributed by atoms with Crippen molar-refractivity contribution in [3.63, 3.8) is 0 Å². The monoisotopic (exact) mass is 329 g/mol. The van der Waals surface area contributed by atoms with Crippen LogP contribution < -0.4 is 0 Å². The molecule has 0 saturated carbocycles. The molecule has 0 spiro atoms. The van der Waals surface area contributed by atoms with Gasteiger partial charge >= 0.3 is 6.18 Å². The van der Waals surface area contributed by atoms with Crippen LogP contribution in [-0.4, -0.2) is 15.0 Å². The minimum atomic E-state index is -4.46. The van der Waals surface area contributed by atoms with Crippen LogP contribution in [0.25, 0.3) is 11.0 Å². The van der Waals surface area contributed by atoms with Crippen LogP contribution in [0.4, 0.5) is 13.2 Å². The van der Waals surface area contributed by atoms with Crippen molar-refractivity contribution in [2.24, 2.45) is 0 Å². The van der Waals surface area contributed by atoms with Crippen LogP contribution in [0.5, 0.6) is 0 Å². The number of fused-ring (bicyclic) bond motifs is 1. The van der Waals surface area contributed by atoms with Crippen molar-refractivity contribution in [3.05, 3.63) is 47.1 Å². The van der Waals surface area contributed by atoms with E-state index < -0.39 is 11.7 Å². The van der Waals surface area contributed by atoms with Gasteiger partial charge in [-0.15, -0.1) is 0 Å². The Bertz CT molecular complexity index is 768. The van der Waals surface area contributed by atoms with Gasteiger partial charge < -0.3 is 4.98 Å². The number of hydrogen-bond donors (Lipinski definition) is 1. The maximum absolute atomic E-state index is 12.7. The summed E-state index contributed by atoms with van der Waals surface area (Å²) >= 11 is 6.64. The molecule has 3 aromatic rings. The number of aromatic nitrogens is 3. The predicted octanol–water partition coefficient (Wildman–Crippen LogP) is 4.78. The van der Waals surface area contributed by atoms with Gasteiger partial charge in [0, 0.05) is 0 Å². The van der Waals surface area contributed by atoms with E-state index in [2.05, 4.69) is 15.0 Å². The summed E-state index contributed by atoms with van der Waals surface area (Å²) in [7, 11) is 0. The smallest absolute Gasteiger partial charge is 0.333 e. The topological polar surface area (TPSA) is 41.6 Å². The van der Waals surface area contributed by atoms with Gasteiger partial charge in [0.05, 0.1) is 16.6 Å². The fourth-order valence-electron chi connectivity index (χ4n) is 1.77. The number of H-pyrrole nitrogens is 1. The molecule has 0 bridgehead atoms.